The number of nitrogens with zero attached hydrogens (tertiary/aromatic N) is 4. The molecule has 0 spiro atoms. The minimum Gasteiger partial charge on any atom is -0.385 e. The summed E-state index contributed by atoms with van der Waals surface area (Å²) in [6.07, 6.45) is 0. The largest absolute Gasteiger partial charge is 0.385 e. The first-order chi connectivity index (χ1) is 14.0. The van der Waals surface area contributed by atoms with Crippen LogP contribution in [-0.2, 0) is 28.2 Å². The molecule has 0 bridgehead atoms. The van der Waals surface area contributed by atoms with E-state index in [1.165, 1.54) is 28.2 Å². The quantitative estimate of drug-likeness (QED) is 0.526. The summed E-state index contributed by atoms with van der Waals surface area (Å²) in [6.45, 7) is 0. The van der Waals surface area contributed by atoms with Crippen molar-refractivity contribution in [1.82, 2.24) is 18.3 Å². The lowest BCUT2D eigenvalue weighted by Crippen LogP contribution is -2.44. The van der Waals surface area contributed by atoms with Gasteiger partial charge in [0.25, 0.3) is 11.1 Å². The smallest absolute Gasteiger partial charge is 0.332 e. The van der Waals surface area contributed by atoms with E-state index in [9.17, 15) is 19.2 Å². The molecule has 0 atom stereocenters. The Balaban J connectivity index is 2.62. The number of hydrogen-bond donors (Lipinski definition) is 2. The molecule has 0 aliphatic rings. The highest BCUT2D eigenvalue weighted by atomic mass is 79.9. The van der Waals surface area contributed by atoms with Gasteiger partial charge in [0, 0.05) is 32.7 Å². The molecule has 0 aliphatic heterocycles. The van der Waals surface area contributed by atoms with Crippen molar-refractivity contribution in [2.45, 2.75) is 5.92 Å². The van der Waals surface area contributed by atoms with Crippen LogP contribution in [0.3, 0.4) is 0 Å². The van der Waals surface area contributed by atoms with Gasteiger partial charge in [-0.2, -0.15) is 0 Å². The second kappa shape index (κ2) is 7.48. The molecule has 0 radical (unpaired) electrons. The molecular formula is C19H21BrN6O4. The molecule has 0 amide bonds. The van der Waals surface area contributed by atoms with Gasteiger partial charge in [-0.05, 0) is 11.6 Å². The molecule has 3 aromatic rings. The fourth-order valence-corrected chi connectivity index (χ4v) is 3.99. The lowest BCUT2D eigenvalue weighted by atomic mass is 9.86. The summed E-state index contributed by atoms with van der Waals surface area (Å²) in [4.78, 5) is 50.9. The summed E-state index contributed by atoms with van der Waals surface area (Å²) in [5, 5.41) is 0. The molecule has 2 aromatic heterocycles. The van der Waals surface area contributed by atoms with Crippen LogP contribution < -0.4 is 34.0 Å². The second-order valence-electron chi connectivity index (χ2n) is 6.96. The van der Waals surface area contributed by atoms with Gasteiger partial charge in [0.05, 0.1) is 17.0 Å². The van der Waals surface area contributed by atoms with Crippen molar-refractivity contribution in [3.05, 3.63) is 87.1 Å². The van der Waals surface area contributed by atoms with Crippen LogP contribution in [0.5, 0.6) is 0 Å². The first-order valence-electron chi connectivity index (χ1n) is 8.85. The summed E-state index contributed by atoms with van der Waals surface area (Å²) in [5.41, 5.74) is 10.4. The maximum atomic E-state index is 13.2. The highest BCUT2D eigenvalue weighted by Crippen LogP contribution is 2.36. The normalized spacial score (nSPS) is 11.3. The molecule has 10 nitrogen and oxygen atoms in total. The summed E-state index contributed by atoms with van der Waals surface area (Å²) in [5.74, 6) is -1.23. The van der Waals surface area contributed by atoms with Gasteiger partial charge in [-0.1, -0.05) is 34.1 Å². The zero-order chi connectivity index (χ0) is 22.5. The maximum absolute atomic E-state index is 13.2. The summed E-state index contributed by atoms with van der Waals surface area (Å²) >= 11 is 3.46. The lowest BCUT2D eigenvalue weighted by molar-refractivity contribution is 0.653. The Labute approximate surface area is 178 Å². The average molecular weight is 477 g/mol. The molecule has 11 heteroatoms. The molecule has 30 heavy (non-hydrogen) atoms. The van der Waals surface area contributed by atoms with E-state index in [0.717, 1.165) is 18.3 Å². The molecule has 1 aromatic carbocycles. The fourth-order valence-electron chi connectivity index (χ4n) is 3.48. The minimum atomic E-state index is -1.03. The van der Waals surface area contributed by atoms with Crippen LogP contribution >= 0.6 is 15.9 Å². The predicted octanol–water partition coefficient (Wildman–Crippen LogP) is -0.411. The van der Waals surface area contributed by atoms with Gasteiger partial charge in [0.1, 0.15) is 11.6 Å². The number of halogens is 1. The zero-order valence-electron chi connectivity index (χ0n) is 16.8. The number of benzene rings is 1. The number of nitrogen functional groups attached to an aromatic ring is 2. The van der Waals surface area contributed by atoms with Gasteiger partial charge in [0.2, 0.25) is 0 Å². The highest BCUT2D eigenvalue weighted by molar-refractivity contribution is 9.10. The predicted molar refractivity (Wildman–Crippen MR) is 118 cm³/mol. The monoisotopic (exact) mass is 476 g/mol. The average Bonchev–Trinajstić information content (AvgIpc) is 2.73. The topological polar surface area (TPSA) is 140 Å². The van der Waals surface area contributed by atoms with E-state index in [4.69, 9.17) is 11.5 Å². The highest BCUT2D eigenvalue weighted by Gasteiger charge is 2.32. The Bertz CT molecular complexity index is 1330. The molecule has 4 N–H and O–H groups in total. The summed E-state index contributed by atoms with van der Waals surface area (Å²) in [7, 11) is 5.51. The molecule has 2 heterocycles. The minimum absolute atomic E-state index is 0.00829. The number of rotatable bonds is 3. The van der Waals surface area contributed by atoms with Crippen molar-refractivity contribution in [2.24, 2.45) is 28.2 Å². The van der Waals surface area contributed by atoms with E-state index in [2.05, 4.69) is 15.9 Å². The third kappa shape index (κ3) is 3.02. The van der Waals surface area contributed by atoms with Crippen LogP contribution in [0.2, 0.25) is 0 Å². The number of nitrogens with two attached hydrogens (primary N) is 2. The van der Waals surface area contributed by atoms with E-state index in [1.807, 2.05) is 0 Å². The zero-order valence-corrected chi connectivity index (χ0v) is 18.4. The van der Waals surface area contributed by atoms with Crippen LogP contribution in [0.1, 0.15) is 22.6 Å². The third-order valence-electron chi connectivity index (χ3n) is 5.29. The van der Waals surface area contributed by atoms with Crippen LogP contribution in [0.4, 0.5) is 11.6 Å². The van der Waals surface area contributed by atoms with Crippen molar-refractivity contribution in [3.63, 3.8) is 0 Å². The van der Waals surface area contributed by atoms with Crippen molar-refractivity contribution in [3.8, 4) is 0 Å². The molecular weight excluding hydrogens is 456 g/mol. The van der Waals surface area contributed by atoms with Crippen molar-refractivity contribution in [2.75, 3.05) is 11.5 Å². The van der Waals surface area contributed by atoms with E-state index in [0.29, 0.717) is 10.0 Å². The van der Waals surface area contributed by atoms with Gasteiger partial charge in [-0.15, -0.1) is 0 Å². The molecule has 3 rings (SSSR count). The second-order valence-corrected chi connectivity index (χ2v) is 7.82. The Morgan fingerprint density at radius 3 is 1.53 bits per heavy atom. The van der Waals surface area contributed by atoms with Crippen LogP contribution in [0, 0.1) is 0 Å². The molecule has 0 unspecified atom stereocenters. The van der Waals surface area contributed by atoms with E-state index < -0.39 is 28.4 Å². The number of anilines is 2. The molecule has 0 aliphatic carbocycles. The molecule has 0 saturated heterocycles. The Hall–Kier alpha value is -3.34. The van der Waals surface area contributed by atoms with Crippen molar-refractivity contribution in [1.29, 1.82) is 0 Å². The van der Waals surface area contributed by atoms with Gasteiger partial charge < -0.3 is 11.5 Å². The Morgan fingerprint density at radius 1 is 0.733 bits per heavy atom. The summed E-state index contributed by atoms with van der Waals surface area (Å²) < 4.78 is 4.68. The molecule has 0 fully saturated rings. The van der Waals surface area contributed by atoms with E-state index in [1.54, 1.807) is 24.3 Å². The van der Waals surface area contributed by atoms with E-state index in [-0.39, 0.29) is 22.8 Å². The lowest BCUT2D eigenvalue weighted by Gasteiger charge is -2.24. The van der Waals surface area contributed by atoms with E-state index >= 15 is 0 Å². The van der Waals surface area contributed by atoms with Gasteiger partial charge in [-0.3, -0.25) is 27.9 Å². The van der Waals surface area contributed by atoms with Crippen LogP contribution in [-0.4, -0.2) is 18.3 Å². The van der Waals surface area contributed by atoms with Gasteiger partial charge in [0.15, 0.2) is 0 Å². The van der Waals surface area contributed by atoms with Crippen LogP contribution in [0.15, 0.2) is 47.9 Å². The van der Waals surface area contributed by atoms with Crippen molar-refractivity contribution >= 4 is 27.6 Å². The number of hydrogen-bond acceptors (Lipinski definition) is 6. The first kappa shape index (κ1) is 21.4. The summed E-state index contributed by atoms with van der Waals surface area (Å²) in [6, 6.07) is 6.96. The van der Waals surface area contributed by atoms with Gasteiger partial charge in [-0.25, -0.2) is 9.59 Å². The SMILES string of the molecule is Cn1c(N)c(C(c2ccccc2Br)c2c(N)n(C)c(=O)n(C)c2=O)c(=O)n(C)c1=O. The Kier molecular flexibility index (Phi) is 5.33. The first-order valence-corrected chi connectivity index (χ1v) is 9.65. The maximum Gasteiger partial charge on any atom is 0.332 e. The number of aromatic nitrogens is 4. The fraction of sp³-hybridized carbons (Fsp3) is 0.263. The standard InChI is InChI=1S/C19H21BrN6O4/c1-23-14(21)12(16(27)25(3)18(23)29)11(9-7-5-6-8-10(9)20)13-15(22)24(2)19(30)26(4)17(13)28/h5-8,11H,21-22H2,1-4H3. The van der Waals surface area contributed by atoms with Crippen molar-refractivity contribution < 1.29 is 0 Å². The van der Waals surface area contributed by atoms with Crippen LogP contribution in [0.25, 0.3) is 0 Å². The Morgan fingerprint density at radius 2 is 1.13 bits per heavy atom. The van der Waals surface area contributed by atoms with Gasteiger partial charge >= 0.3 is 11.4 Å². The third-order valence-corrected chi connectivity index (χ3v) is 6.01. The molecule has 0 saturated carbocycles. The molecule has 158 valence electrons.